The van der Waals surface area contributed by atoms with Crippen molar-refractivity contribution in [3.05, 3.63) is 17.5 Å². The summed E-state index contributed by atoms with van der Waals surface area (Å²) >= 11 is 0. The fourth-order valence-electron chi connectivity index (χ4n) is 2.78. The van der Waals surface area contributed by atoms with E-state index in [1.807, 2.05) is 11.6 Å². The van der Waals surface area contributed by atoms with Gasteiger partial charge in [-0.1, -0.05) is 0 Å². The third kappa shape index (κ3) is 3.59. The van der Waals surface area contributed by atoms with Crippen molar-refractivity contribution in [2.45, 2.75) is 58.9 Å². The van der Waals surface area contributed by atoms with Crippen molar-refractivity contribution >= 4 is 0 Å². The molecule has 0 spiro atoms. The molecule has 1 N–H and O–H groups in total. The summed E-state index contributed by atoms with van der Waals surface area (Å²) in [6, 6.07) is 2.55. The van der Waals surface area contributed by atoms with Crippen LogP contribution >= 0.6 is 0 Å². The Morgan fingerprint density at radius 3 is 2.90 bits per heavy atom. The monoisotopic (exact) mass is 281 g/mol. The summed E-state index contributed by atoms with van der Waals surface area (Å²) in [6.45, 7) is 11.7. The molecule has 1 fully saturated rings. The molecule has 5 heteroatoms. The molecule has 0 saturated carbocycles. The largest absolute Gasteiger partial charge is 0.390 e. The van der Waals surface area contributed by atoms with E-state index < -0.39 is 6.10 Å². The number of aryl methyl sites for hydroxylation is 2. The molecule has 0 radical (unpaired) electrons. The second-order valence-electron chi connectivity index (χ2n) is 5.86. The molecule has 0 aromatic carbocycles. The van der Waals surface area contributed by atoms with Gasteiger partial charge in [-0.15, -0.1) is 0 Å². The van der Waals surface area contributed by atoms with Gasteiger partial charge in [0, 0.05) is 37.8 Å². The highest BCUT2D eigenvalue weighted by molar-refractivity contribution is 5.10. The molecule has 0 amide bonds. The van der Waals surface area contributed by atoms with E-state index in [4.69, 9.17) is 4.74 Å². The van der Waals surface area contributed by atoms with Crippen LogP contribution in [0, 0.1) is 6.92 Å². The first-order valence-electron chi connectivity index (χ1n) is 7.58. The summed E-state index contributed by atoms with van der Waals surface area (Å²) < 4.78 is 7.71. The molecule has 2 unspecified atom stereocenters. The molecule has 20 heavy (non-hydrogen) atoms. The molecule has 2 heterocycles. The molecule has 0 bridgehead atoms. The second-order valence-corrected chi connectivity index (χ2v) is 5.86. The summed E-state index contributed by atoms with van der Waals surface area (Å²) in [5, 5.41) is 14.9. The highest BCUT2D eigenvalue weighted by atomic mass is 16.5. The minimum absolute atomic E-state index is 0.105. The van der Waals surface area contributed by atoms with Crippen molar-refractivity contribution in [1.29, 1.82) is 0 Å². The summed E-state index contributed by atoms with van der Waals surface area (Å²) in [4.78, 5) is 2.36. The van der Waals surface area contributed by atoms with Crippen LogP contribution in [-0.4, -0.2) is 57.7 Å². The molecule has 114 valence electrons. The Morgan fingerprint density at radius 2 is 2.25 bits per heavy atom. The molecule has 1 saturated heterocycles. The number of nitrogens with zero attached hydrogens (tertiary/aromatic N) is 3. The molecule has 1 aromatic heterocycles. The number of hydrogen-bond donors (Lipinski definition) is 1. The van der Waals surface area contributed by atoms with Gasteiger partial charge in [-0.05, 0) is 33.8 Å². The van der Waals surface area contributed by atoms with E-state index in [1.54, 1.807) is 0 Å². The maximum atomic E-state index is 10.5. The Labute approximate surface area is 121 Å². The average Bonchev–Trinajstić information content (AvgIpc) is 2.78. The van der Waals surface area contributed by atoms with E-state index >= 15 is 0 Å². The molecule has 2 atom stereocenters. The van der Waals surface area contributed by atoms with Crippen LogP contribution in [0.1, 0.15) is 32.2 Å². The van der Waals surface area contributed by atoms with Gasteiger partial charge in [-0.25, -0.2) is 0 Å². The van der Waals surface area contributed by atoms with E-state index in [-0.39, 0.29) is 6.10 Å². The maximum Gasteiger partial charge on any atom is 0.0964 e. The van der Waals surface area contributed by atoms with Crippen LogP contribution in [0.15, 0.2) is 6.07 Å². The van der Waals surface area contributed by atoms with Crippen LogP contribution in [0.25, 0.3) is 0 Å². The summed E-state index contributed by atoms with van der Waals surface area (Å²) in [5.74, 6) is 0. The molecule has 5 nitrogen and oxygen atoms in total. The SMILES string of the molecule is CCn1nc(C)cc1CC(O)C1CN(C(C)C)CCO1. The molecule has 0 aliphatic carbocycles. The van der Waals surface area contributed by atoms with Gasteiger partial charge >= 0.3 is 0 Å². The van der Waals surface area contributed by atoms with Gasteiger partial charge in [0.2, 0.25) is 0 Å². The number of aromatic nitrogens is 2. The number of aliphatic hydroxyl groups excluding tert-OH is 1. The predicted molar refractivity (Wildman–Crippen MR) is 78.8 cm³/mol. The third-order valence-electron chi connectivity index (χ3n) is 3.99. The van der Waals surface area contributed by atoms with Crippen LogP contribution in [0.3, 0.4) is 0 Å². The molecule has 2 rings (SSSR count). The predicted octanol–water partition coefficient (Wildman–Crippen LogP) is 1.22. The first-order chi connectivity index (χ1) is 9.51. The van der Waals surface area contributed by atoms with Crippen LogP contribution < -0.4 is 0 Å². The van der Waals surface area contributed by atoms with Crippen molar-refractivity contribution in [3.8, 4) is 0 Å². The van der Waals surface area contributed by atoms with Crippen LogP contribution in [-0.2, 0) is 17.7 Å². The minimum Gasteiger partial charge on any atom is -0.390 e. The van der Waals surface area contributed by atoms with Crippen LogP contribution in [0.4, 0.5) is 0 Å². The number of morpholine rings is 1. The van der Waals surface area contributed by atoms with E-state index in [0.29, 0.717) is 19.1 Å². The van der Waals surface area contributed by atoms with Gasteiger partial charge in [0.05, 0.1) is 24.5 Å². The lowest BCUT2D eigenvalue weighted by Crippen LogP contribution is -2.50. The van der Waals surface area contributed by atoms with E-state index in [9.17, 15) is 5.11 Å². The number of hydrogen-bond acceptors (Lipinski definition) is 4. The standard InChI is InChI=1S/C15H27N3O2/c1-5-18-13(8-12(4)16-18)9-14(19)15-10-17(11(2)3)6-7-20-15/h8,11,14-15,19H,5-7,9-10H2,1-4H3. The first kappa shape index (κ1) is 15.5. The lowest BCUT2D eigenvalue weighted by atomic mass is 10.1. The zero-order chi connectivity index (χ0) is 14.7. The molecular weight excluding hydrogens is 254 g/mol. The molecule has 1 aromatic rings. The Hall–Kier alpha value is -0.910. The molecular formula is C15H27N3O2. The van der Waals surface area contributed by atoms with Gasteiger partial charge in [0.1, 0.15) is 0 Å². The van der Waals surface area contributed by atoms with Gasteiger partial charge < -0.3 is 9.84 Å². The molecule has 1 aliphatic heterocycles. The number of rotatable bonds is 5. The fourth-order valence-corrected chi connectivity index (χ4v) is 2.78. The summed E-state index contributed by atoms with van der Waals surface area (Å²) in [7, 11) is 0. The maximum absolute atomic E-state index is 10.5. The van der Waals surface area contributed by atoms with Gasteiger partial charge in [-0.3, -0.25) is 9.58 Å². The Kier molecular flexibility index (Phi) is 5.18. The third-order valence-corrected chi connectivity index (χ3v) is 3.99. The lowest BCUT2D eigenvalue weighted by molar-refractivity contribution is -0.0944. The quantitative estimate of drug-likeness (QED) is 0.882. The van der Waals surface area contributed by atoms with Crippen LogP contribution in [0.2, 0.25) is 0 Å². The van der Waals surface area contributed by atoms with Crippen molar-refractivity contribution in [3.63, 3.8) is 0 Å². The van der Waals surface area contributed by atoms with Crippen molar-refractivity contribution in [1.82, 2.24) is 14.7 Å². The number of aliphatic hydroxyl groups is 1. The van der Waals surface area contributed by atoms with E-state index in [0.717, 1.165) is 31.0 Å². The van der Waals surface area contributed by atoms with Crippen LogP contribution in [0.5, 0.6) is 0 Å². The fraction of sp³-hybridized carbons (Fsp3) is 0.800. The van der Waals surface area contributed by atoms with Gasteiger partial charge in [0.25, 0.3) is 0 Å². The second kappa shape index (κ2) is 6.70. The average molecular weight is 281 g/mol. The topological polar surface area (TPSA) is 50.5 Å². The van der Waals surface area contributed by atoms with Crippen molar-refractivity contribution < 1.29 is 9.84 Å². The van der Waals surface area contributed by atoms with Crippen molar-refractivity contribution in [2.75, 3.05) is 19.7 Å². The van der Waals surface area contributed by atoms with E-state index in [1.165, 1.54) is 0 Å². The minimum atomic E-state index is -0.474. The summed E-state index contributed by atoms with van der Waals surface area (Å²) in [6.07, 6.45) is 0.0234. The zero-order valence-corrected chi connectivity index (χ0v) is 13.0. The Morgan fingerprint density at radius 1 is 1.50 bits per heavy atom. The highest BCUT2D eigenvalue weighted by Crippen LogP contribution is 2.16. The lowest BCUT2D eigenvalue weighted by Gasteiger charge is -2.37. The zero-order valence-electron chi connectivity index (χ0n) is 13.0. The van der Waals surface area contributed by atoms with Gasteiger partial charge in [-0.2, -0.15) is 5.10 Å². The molecule has 1 aliphatic rings. The van der Waals surface area contributed by atoms with Crippen molar-refractivity contribution in [2.24, 2.45) is 0 Å². The number of ether oxygens (including phenoxy) is 1. The van der Waals surface area contributed by atoms with E-state index in [2.05, 4.69) is 36.8 Å². The Bertz CT molecular complexity index is 431. The van der Waals surface area contributed by atoms with Gasteiger partial charge in [0.15, 0.2) is 0 Å². The smallest absolute Gasteiger partial charge is 0.0964 e. The summed E-state index contributed by atoms with van der Waals surface area (Å²) in [5.41, 5.74) is 2.09. The highest BCUT2D eigenvalue weighted by Gasteiger charge is 2.28. The normalized spacial score (nSPS) is 22.4. The first-order valence-corrected chi connectivity index (χ1v) is 7.58. The Balaban J connectivity index is 1.98.